The van der Waals surface area contributed by atoms with Crippen LogP contribution < -0.4 is 0 Å². The van der Waals surface area contributed by atoms with E-state index >= 15 is 0 Å². The van der Waals surface area contributed by atoms with Crippen molar-refractivity contribution in [3.05, 3.63) is 34.6 Å². The molecule has 0 bridgehead atoms. The number of nitrogens with zero attached hydrogens (tertiary/aromatic N) is 2. The first-order valence-corrected chi connectivity index (χ1v) is 6.57. The highest BCUT2D eigenvalue weighted by molar-refractivity contribution is 6.30. The maximum Gasteiger partial charge on any atom is 0.146 e. The SMILES string of the molecule is OCCN1CCN(Cc2cccc(Cl)c2F)CC1. The highest BCUT2D eigenvalue weighted by Gasteiger charge is 2.17. The average molecular weight is 273 g/mol. The fraction of sp³-hybridized carbons (Fsp3) is 0.538. The molecule has 1 aliphatic rings. The Kier molecular flexibility index (Phi) is 4.95. The molecule has 0 spiro atoms. The quantitative estimate of drug-likeness (QED) is 0.902. The molecule has 1 aromatic carbocycles. The molecule has 0 amide bonds. The Morgan fingerprint density at radius 3 is 2.50 bits per heavy atom. The topological polar surface area (TPSA) is 26.7 Å². The van der Waals surface area contributed by atoms with E-state index < -0.39 is 0 Å². The van der Waals surface area contributed by atoms with Gasteiger partial charge in [0.05, 0.1) is 11.6 Å². The van der Waals surface area contributed by atoms with Gasteiger partial charge in [-0.2, -0.15) is 0 Å². The summed E-state index contributed by atoms with van der Waals surface area (Å²) in [6, 6.07) is 5.13. The lowest BCUT2D eigenvalue weighted by atomic mass is 10.2. The van der Waals surface area contributed by atoms with Crippen LogP contribution in [-0.2, 0) is 6.54 Å². The summed E-state index contributed by atoms with van der Waals surface area (Å²) in [6.07, 6.45) is 0. The third-order valence-corrected chi connectivity index (χ3v) is 3.60. The van der Waals surface area contributed by atoms with Gasteiger partial charge in [-0.15, -0.1) is 0 Å². The molecule has 18 heavy (non-hydrogen) atoms. The standard InChI is InChI=1S/C13H18ClFN2O/c14-12-3-1-2-11(13(12)15)10-17-6-4-16(5-7-17)8-9-18/h1-3,18H,4-10H2. The second-order valence-electron chi connectivity index (χ2n) is 4.55. The number of hydrogen-bond acceptors (Lipinski definition) is 3. The molecule has 1 aliphatic heterocycles. The molecule has 3 nitrogen and oxygen atoms in total. The summed E-state index contributed by atoms with van der Waals surface area (Å²) < 4.78 is 13.8. The maximum absolute atomic E-state index is 13.8. The lowest BCUT2D eigenvalue weighted by Crippen LogP contribution is -2.46. The van der Waals surface area contributed by atoms with Crippen LogP contribution in [0, 0.1) is 5.82 Å². The van der Waals surface area contributed by atoms with Crippen LogP contribution in [0.4, 0.5) is 4.39 Å². The van der Waals surface area contributed by atoms with Gasteiger partial charge in [-0.25, -0.2) is 4.39 Å². The van der Waals surface area contributed by atoms with Crippen molar-refractivity contribution >= 4 is 11.6 Å². The highest BCUT2D eigenvalue weighted by atomic mass is 35.5. The van der Waals surface area contributed by atoms with E-state index in [1.54, 1.807) is 18.2 Å². The van der Waals surface area contributed by atoms with Crippen LogP contribution in [0.15, 0.2) is 18.2 Å². The van der Waals surface area contributed by atoms with Crippen LogP contribution >= 0.6 is 11.6 Å². The van der Waals surface area contributed by atoms with Crippen molar-refractivity contribution in [1.82, 2.24) is 9.80 Å². The van der Waals surface area contributed by atoms with Crippen LogP contribution in [0.3, 0.4) is 0 Å². The zero-order valence-corrected chi connectivity index (χ0v) is 11.0. The lowest BCUT2D eigenvalue weighted by Gasteiger charge is -2.34. The molecule has 2 rings (SSSR count). The van der Waals surface area contributed by atoms with E-state index in [2.05, 4.69) is 9.80 Å². The molecular formula is C13H18ClFN2O. The number of aliphatic hydroxyl groups excluding tert-OH is 1. The monoisotopic (exact) mass is 272 g/mol. The zero-order valence-electron chi connectivity index (χ0n) is 10.3. The number of benzene rings is 1. The molecule has 1 heterocycles. The number of piperazine rings is 1. The first-order valence-electron chi connectivity index (χ1n) is 6.19. The normalized spacial score (nSPS) is 18.2. The molecule has 0 radical (unpaired) electrons. The van der Waals surface area contributed by atoms with Gasteiger partial charge in [0.25, 0.3) is 0 Å². The minimum Gasteiger partial charge on any atom is -0.395 e. The Morgan fingerprint density at radius 1 is 1.17 bits per heavy atom. The Morgan fingerprint density at radius 2 is 1.83 bits per heavy atom. The van der Waals surface area contributed by atoms with Gasteiger partial charge in [0.15, 0.2) is 0 Å². The number of aliphatic hydroxyl groups is 1. The minimum absolute atomic E-state index is 0.186. The minimum atomic E-state index is -0.308. The van der Waals surface area contributed by atoms with Crippen LogP contribution in [0.2, 0.25) is 5.02 Å². The summed E-state index contributed by atoms with van der Waals surface area (Å²) in [5, 5.41) is 9.05. The molecule has 1 aromatic rings. The van der Waals surface area contributed by atoms with E-state index in [0.29, 0.717) is 12.1 Å². The lowest BCUT2D eigenvalue weighted by molar-refractivity contribution is 0.108. The molecule has 0 aliphatic carbocycles. The molecule has 100 valence electrons. The predicted octanol–water partition coefficient (Wildman–Crippen LogP) is 1.59. The van der Waals surface area contributed by atoms with Gasteiger partial charge < -0.3 is 5.11 Å². The van der Waals surface area contributed by atoms with Gasteiger partial charge in [-0.1, -0.05) is 23.7 Å². The molecule has 1 N–H and O–H groups in total. The third kappa shape index (κ3) is 3.42. The maximum atomic E-state index is 13.8. The molecule has 1 saturated heterocycles. The summed E-state index contributed by atoms with van der Waals surface area (Å²) >= 11 is 5.77. The average Bonchev–Trinajstić information content (AvgIpc) is 2.38. The summed E-state index contributed by atoms with van der Waals surface area (Å²) in [6.45, 7) is 5.14. The zero-order chi connectivity index (χ0) is 13.0. The fourth-order valence-corrected chi connectivity index (χ4v) is 2.42. The van der Waals surface area contributed by atoms with Gasteiger partial charge in [0, 0.05) is 44.8 Å². The summed E-state index contributed by atoms with van der Waals surface area (Å²) in [4.78, 5) is 4.42. The first kappa shape index (κ1) is 13.7. The van der Waals surface area contributed by atoms with Crippen molar-refractivity contribution in [2.45, 2.75) is 6.54 Å². The Hall–Kier alpha value is -0.680. The Balaban J connectivity index is 1.90. The number of hydrogen-bond donors (Lipinski definition) is 1. The van der Waals surface area contributed by atoms with E-state index in [9.17, 15) is 4.39 Å². The van der Waals surface area contributed by atoms with E-state index in [1.165, 1.54) is 0 Å². The second kappa shape index (κ2) is 6.48. The Labute approximate surface area is 112 Å². The van der Waals surface area contributed by atoms with Gasteiger partial charge >= 0.3 is 0 Å². The van der Waals surface area contributed by atoms with E-state index in [1.807, 2.05) is 0 Å². The first-order chi connectivity index (χ1) is 8.70. The third-order valence-electron chi connectivity index (χ3n) is 3.31. The van der Waals surface area contributed by atoms with Crippen LogP contribution in [-0.4, -0.2) is 54.2 Å². The fourth-order valence-electron chi connectivity index (χ4n) is 2.22. The molecule has 0 saturated carbocycles. The summed E-state index contributed by atoms with van der Waals surface area (Å²) in [7, 11) is 0. The van der Waals surface area contributed by atoms with Gasteiger partial charge in [0.1, 0.15) is 5.82 Å². The smallest absolute Gasteiger partial charge is 0.146 e. The molecule has 1 fully saturated rings. The van der Waals surface area contributed by atoms with Gasteiger partial charge in [-0.3, -0.25) is 9.80 Å². The number of halogens is 2. The van der Waals surface area contributed by atoms with Gasteiger partial charge in [-0.05, 0) is 6.07 Å². The van der Waals surface area contributed by atoms with Crippen LogP contribution in [0.1, 0.15) is 5.56 Å². The van der Waals surface area contributed by atoms with Crippen molar-refractivity contribution < 1.29 is 9.50 Å². The molecule has 5 heteroatoms. The van der Waals surface area contributed by atoms with E-state index in [-0.39, 0.29) is 17.4 Å². The second-order valence-corrected chi connectivity index (χ2v) is 4.96. The van der Waals surface area contributed by atoms with Crippen molar-refractivity contribution in [1.29, 1.82) is 0 Å². The van der Waals surface area contributed by atoms with Crippen molar-refractivity contribution in [3.8, 4) is 0 Å². The molecule has 0 unspecified atom stereocenters. The van der Waals surface area contributed by atoms with Crippen molar-refractivity contribution in [2.75, 3.05) is 39.3 Å². The van der Waals surface area contributed by atoms with Crippen LogP contribution in [0.25, 0.3) is 0 Å². The van der Waals surface area contributed by atoms with E-state index in [0.717, 1.165) is 32.7 Å². The van der Waals surface area contributed by atoms with Crippen molar-refractivity contribution in [3.63, 3.8) is 0 Å². The Bertz CT molecular complexity index is 395. The number of rotatable bonds is 4. The molecule has 0 aromatic heterocycles. The largest absolute Gasteiger partial charge is 0.395 e. The number of β-amino-alcohol motifs (C(OH)–C–C–N with tert-alkyl or cyclic N) is 1. The van der Waals surface area contributed by atoms with Crippen LogP contribution in [0.5, 0.6) is 0 Å². The summed E-state index contributed by atoms with van der Waals surface area (Å²) in [5.41, 5.74) is 0.651. The van der Waals surface area contributed by atoms with Gasteiger partial charge in [0.2, 0.25) is 0 Å². The predicted molar refractivity (Wildman–Crippen MR) is 70.2 cm³/mol. The van der Waals surface area contributed by atoms with E-state index in [4.69, 9.17) is 16.7 Å². The molecular weight excluding hydrogens is 255 g/mol. The highest BCUT2D eigenvalue weighted by Crippen LogP contribution is 2.19. The van der Waals surface area contributed by atoms with Crippen molar-refractivity contribution in [2.24, 2.45) is 0 Å². The summed E-state index contributed by atoms with van der Waals surface area (Å²) in [5.74, 6) is -0.308. The molecule has 0 atom stereocenters.